The van der Waals surface area contributed by atoms with Gasteiger partial charge >= 0.3 is 5.63 Å². The maximum atomic E-state index is 12.5. The molecular formula is C32H43N3O5. The first-order chi connectivity index (χ1) is 19.2. The highest BCUT2D eigenvalue weighted by molar-refractivity contribution is 5.92. The van der Waals surface area contributed by atoms with Crippen LogP contribution in [0.15, 0.2) is 38.6 Å². The second-order valence-electron chi connectivity index (χ2n) is 13.3. The number of benzene rings is 1. The molecule has 4 fully saturated rings. The van der Waals surface area contributed by atoms with Crippen molar-refractivity contribution in [2.45, 2.75) is 84.2 Å². The van der Waals surface area contributed by atoms with E-state index in [2.05, 4.69) is 24.3 Å². The summed E-state index contributed by atoms with van der Waals surface area (Å²) in [6.07, 6.45) is 10.4. The molecule has 2 aromatic rings. The van der Waals surface area contributed by atoms with E-state index in [0.29, 0.717) is 41.5 Å². The van der Waals surface area contributed by atoms with E-state index < -0.39 is 5.63 Å². The number of amides is 1. The number of hydrogen-bond acceptors (Lipinski definition) is 7. The van der Waals surface area contributed by atoms with E-state index >= 15 is 0 Å². The van der Waals surface area contributed by atoms with Gasteiger partial charge in [-0.3, -0.25) is 4.79 Å². The summed E-state index contributed by atoms with van der Waals surface area (Å²) in [5, 5.41) is 18.5. The van der Waals surface area contributed by atoms with Crippen molar-refractivity contribution in [3.05, 3.63) is 40.2 Å². The lowest BCUT2D eigenvalue weighted by Gasteiger charge is -2.60. The third kappa shape index (κ3) is 4.82. The topological polar surface area (TPSA) is 127 Å². The van der Waals surface area contributed by atoms with Crippen LogP contribution in [-0.2, 0) is 16.1 Å². The van der Waals surface area contributed by atoms with Crippen LogP contribution in [0.5, 0.6) is 0 Å². The Hall–Kier alpha value is -2.87. The predicted octanol–water partition coefficient (Wildman–Crippen LogP) is 4.81. The summed E-state index contributed by atoms with van der Waals surface area (Å²) in [7, 11) is 0. The molecule has 4 saturated carbocycles. The molecule has 0 spiro atoms. The molecule has 4 aliphatic rings. The number of rotatable bonds is 6. The maximum absolute atomic E-state index is 12.5. The van der Waals surface area contributed by atoms with Gasteiger partial charge in [0.25, 0.3) is 5.91 Å². The molecule has 216 valence electrons. The highest BCUT2D eigenvalue weighted by atomic mass is 16.6. The van der Waals surface area contributed by atoms with Gasteiger partial charge in [-0.25, -0.2) is 4.79 Å². The number of aliphatic hydroxyl groups excluding tert-OH is 1. The third-order valence-electron chi connectivity index (χ3n) is 11.3. The molecule has 0 bridgehead atoms. The number of nitrogens with one attached hydrogen (secondary N) is 1. The zero-order chi connectivity index (χ0) is 28.1. The Morgan fingerprint density at radius 3 is 2.85 bits per heavy atom. The van der Waals surface area contributed by atoms with Crippen LogP contribution in [0.2, 0.25) is 0 Å². The van der Waals surface area contributed by atoms with Crippen LogP contribution < -0.4 is 16.7 Å². The number of aliphatic hydroxyl groups is 1. The number of carbonyl (C=O) groups excluding carboxylic acids is 1. The standard InChI is InChI=1S/C32H43N3O5/c1-31-12-9-22(36)16-20(31)3-5-24-25-7-8-28(32(25,2)13-10-26(24)31)35-39-18-29(37)34-14-11-19-15-30(38)40-27-17-21(33)4-6-23(19)27/h4,6,15,17,20,22,24-26,36H,3,5,7-14,16,18,33H2,1-2H3,(H,34,37)/b35-28-/t20-,22?,24-,25-,26-,31-,32-/m0/s1. The summed E-state index contributed by atoms with van der Waals surface area (Å²) < 4.78 is 5.25. The molecule has 8 nitrogen and oxygen atoms in total. The van der Waals surface area contributed by atoms with Gasteiger partial charge in [-0.1, -0.05) is 19.0 Å². The molecule has 4 aliphatic carbocycles. The van der Waals surface area contributed by atoms with Crippen LogP contribution in [0.25, 0.3) is 11.0 Å². The summed E-state index contributed by atoms with van der Waals surface area (Å²) >= 11 is 0. The number of nitrogens with two attached hydrogens (primary N) is 1. The number of oxime groups is 1. The lowest BCUT2D eigenvalue weighted by molar-refractivity contribution is -0.125. The van der Waals surface area contributed by atoms with Crippen LogP contribution in [-0.4, -0.2) is 36.0 Å². The van der Waals surface area contributed by atoms with Crippen LogP contribution in [0.1, 0.15) is 77.2 Å². The normalized spacial score (nSPS) is 36.1. The first-order valence-electron chi connectivity index (χ1n) is 15.1. The van der Waals surface area contributed by atoms with Gasteiger partial charge in [0.05, 0.1) is 11.8 Å². The van der Waals surface area contributed by atoms with Crippen molar-refractivity contribution >= 4 is 28.3 Å². The van der Waals surface area contributed by atoms with E-state index in [0.717, 1.165) is 67.0 Å². The number of anilines is 1. The van der Waals surface area contributed by atoms with Crippen molar-refractivity contribution in [3.8, 4) is 0 Å². The van der Waals surface area contributed by atoms with Crippen molar-refractivity contribution in [2.75, 3.05) is 18.9 Å². The fourth-order valence-electron chi connectivity index (χ4n) is 9.18. The van der Waals surface area contributed by atoms with Crippen molar-refractivity contribution in [2.24, 2.45) is 39.7 Å². The molecule has 1 aromatic heterocycles. The van der Waals surface area contributed by atoms with E-state index in [1.165, 1.54) is 25.3 Å². The zero-order valence-electron chi connectivity index (χ0n) is 23.8. The smallest absolute Gasteiger partial charge is 0.336 e. The third-order valence-corrected chi connectivity index (χ3v) is 11.3. The van der Waals surface area contributed by atoms with E-state index in [1.807, 2.05) is 6.07 Å². The number of fused-ring (bicyclic) bond motifs is 6. The van der Waals surface area contributed by atoms with Crippen LogP contribution in [0.3, 0.4) is 0 Å². The van der Waals surface area contributed by atoms with Gasteiger partial charge in [-0.15, -0.1) is 0 Å². The van der Waals surface area contributed by atoms with E-state index in [1.54, 1.807) is 12.1 Å². The summed E-state index contributed by atoms with van der Waals surface area (Å²) in [6.45, 7) is 5.14. The second-order valence-corrected chi connectivity index (χ2v) is 13.3. The lowest BCUT2D eigenvalue weighted by Crippen LogP contribution is -2.54. The highest BCUT2D eigenvalue weighted by Crippen LogP contribution is 2.65. The number of hydrogen-bond donors (Lipinski definition) is 3. The van der Waals surface area contributed by atoms with Gasteiger partial charge in [0, 0.05) is 35.2 Å². The minimum atomic E-state index is -0.435. The molecule has 40 heavy (non-hydrogen) atoms. The molecule has 1 heterocycles. The van der Waals surface area contributed by atoms with Crippen LogP contribution in [0.4, 0.5) is 5.69 Å². The number of nitrogens with zero attached hydrogens (tertiary/aromatic N) is 1. The largest absolute Gasteiger partial charge is 0.423 e. The molecule has 7 atom stereocenters. The Balaban J connectivity index is 1.03. The molecule has 4 N–H and O–H groups in total. The zero-order valence-corrected chi connectivity index (χ0v) is 23.8. The van der Waals surface area contributed by atoms with E-state index in [-0.39, 0.29) is 24.0 Å². The summed E-state index contributed by atoms with van der Waals surface area (Å²) in [5.74, 6) is 2.53. The predicted molar refractivity (Wildman–Crippen MR) is 155 cm³/mol. The highest BCUT2D eigenvalue weighted by Gasteiger charge is 2.59. The van der Waals surface area contributed by atoms with Gasteiger partial charge in [-0.05, 0) is 111 Å². The average molecular weight is 550 g/mol. The van der Waals surface area contributed by atoms with Crippen molar-refractivity contribution in [1.82, 2.24) is 5.32 Å². The Morgan fingerprint density at radius 2 is 2.00 bits per heavy atom. The Kier molecular flexibility index (Phi) is 7.18. The second kappa shape index (κ2) is 10.5. The average Bonchev–Trinajstić information content (AvgIpc) is 3.25. The van der Waals surface area contributed by atoms with Crippen molar-refractivity contribution < 1.29 is 19.2 Å². The fourth-order valence-corrected chi connectivity index (χ4v) is 9.18. The van der Waals surface area contributed by atoms with Gasteiger partial charge in [0.2, 0.25) is 0 Å². The molecule has 8 heteroatoms. The van der Waals surface area contributed by atoms with Crippen molar-refractivity contribution in [1.29, 1.82) is 0 Å². The van der Waals surface area contributed by atoms with Gasteiger partial charge in [0.1, 0.15) is 5.58 Å². The molecule has 6 rings (SSSR count). The number of nitrogen functional groups attached to an aromatic ring is 1. The van der Waals surface area contributed by atoms with Gasteiger partial charge < -0.3 is 25.4 Å². The minimum Gasteiger partial charge on any atom is -0.423 e. The molecular weight excluding hydrogens is 506 g/mol. The minimum absolute atomic E-state index is 0.0495. The Bertz CT molecular complexity index is 1370. The van der Waals surface area contributed by atoms with Crippen LogP contribution >= 0.6 is 0 Å². The first kappa shape index (κ1) is 27.3. The van der Waals surface area contributed by atoms with Crippen molar-refractivity contribution in [3.63, 3.8) is 0 Å². The quantitative estimate of drug-likeness (QED) is 0.270. The molecule has 0 radical (unpaired) electrons. The molecule has 0 aliphatic heterocycles. The molecule has 1 aromatic carbocycles. The van der Waals surface area contributed by atoms with Gasteiger partial charge in [0.15, 0.2) is 6.61 Å². The molecule has 1 unspecified atom stereocenters. The Labute approximate surface area is 235 Å². The lowest BCUT2D eigenvalue weighted by atomic mass is 9.45. The summed E-state index contributed by atoms with van der Waals surface area (Å²) in [6, 6.07) is 6.70. The maximum Gasteiger partial charge on any atom is 0.336 e. The van der Waals surface area contributed by atoms with E-state index in [4.69, 9.17) is 15.0 Å². The van der Waals surface area contributed by atoms with E-state index in [9.17, 15) is 14.7 Å². The molecule has 0 saturated heterocycles. The number of carbonyl (C=O) groups is 1. The SMILES string of the molecule is C[C@]12CCC(O)C[C@@H]1CC[C@@H]1[C@@H]2CC[C@]2(C)/C(=N\OCC(=O)NCCc3cc(=O)oc4cc(N)ccc34)CC[C@@H]12. The molecule has 1 amide bonds. The monoisotopic (exact) mass is 549 g/mol. The Morgan fingerprint density at radius 1 is 1.15 bits per heavy atom. The summed E-state index contributed by atoms with van der Waals surface area (Å²) in [4.78, 5) is 30.1. The fraction of sp³-hybridized carbons (Fsp3) is 0.656. The van der Waals surface area contributed by atoms with Crippen LogP contribution in [0, 0.1) is 34.5 Å². The summed E-state index contributed by atoms with van der Waals surface area (Å²) in [5.41, 5.74) is 8.69. The van der Waals surface area contributed by atoms with Gasteiger partial charge in [-0.2, -0.15) is 0 Å². The first-order valence-corrected chi connectivity index (χ1v) is 15.1.